The summed E-state index contributed by atoms with van der Waals surface area (Å²) < 4.78 is 34.4. The van der Waals surface area contributed by atoms with Gasteiger partial charge >= 0.3 is 0 Å². The zero-order valence-electron chi connectivity index (χ0n) is 17.1. The zero-order valence-corrected chi connectivity index (χ0v) is 17.1. The normalized spacial score (nSPS) is 16.2. The number of carbonyl (C=O) groups is 1. The smallest absolute Gasteiger partial charge is 0.255 e. The van der Waals surface area contributed by atoms with Crippen LogP contribution in [0.2, 0.25) is 0 Å². The summed E-state index contributed by atoms with van der Waals surface area (Å²) in [5.41, 5.74) is 0.571. The third-order valence-electron chi connectivity index (χ3n) is 5.06. The summed E-state index contributed by atoms with van der Waals surface area (Å²) in [4.78, 5) is 15.2. The van der Waals surface area contributed by atoms with Crippen molar-refractivity contribution in [2.45, 2.75) is 26.3 Å². The van der Waals surface area contributed by atoms with E-state index in [2.05, 4.69) is 29.2 Å². The Kier molecular flexibility index (Phi) is 6.97. The maximum Gasteiger partial charge on any atom is 0.255 e. The third-order valence-corrected chi connectivity index (χ3v) is 5.06. The quantitative estimate of drug-likeness (QED) is 0.768. The van der Waals surface area contributed by atoms with Crippen molar-refractivity contribution in [3.05, 3.63) is 41.6 Å². The fraction of sp³-hybridized carbons (Fsp3) is 0.524. The van der Waals surface area contributed by atoms with Crippen molar-refractivity contribution in [2.24, 2.45) is 13.0 Å². The minimum absolute atomic E-state index is 0.101. The molecule has 1 unspecified atom stereocenters. The molecule has 1 atom stereocenters. The van der Waals surface area contributed by atoms with E-state index in [1.165, 1.54) is 10.7 Å². The van der Waals surface area contributed by atoms with Gasteiger partial charge in [0.2, 0.25) is 0 Å². The number of benzene rings is 1. The molecule has 1 saturated heterocycles. The van der Waals surface area contributed by atoms with Gasteiger partial charge in [-0.25, -0.2) is 8.78 Å². The maximum atomic E-state index is 14.2. The molecule has 0 aliphatic carbocycles. The molecule has 3 rings (SSSR count). The summed E-state index contributed by atoms with van der Waals surface area (Å²) in [5.74, 6) is -1.25. The van der Waals surface area contributed by atoms with Crippen LogP contribution in [0.1, 0.15) is 30.6 Å². The lowest BCUT2D eigenvalue weighted by Crippen LogP contribution is -2.49. The van der Waals surface area contributed by atoms with Crippen molar-refractivity contribution in [1.82, 2.24) is 20.0 Å². The Labute approximate surface area is 169 Å². The van der Waals surface area contributed by atoms with E-state index >= 15 is 0 Å². The van der Waals surface area contributed by atoms with Gasteiger partial charge in [0.15, 0.2) is 0 Å². The number of hydrogen-bond donors (Lipinski definition) is 1. The third kappa shape index (κ3) is 5.39. The minimum Gasteiger partial charge on any atom is -0.379 e. The van der Waals surface area contributed by atoms with Gasteiger partial charge in [-0.1, -0.05) is 13.8 Å². The second-order valence-corrected chi connectivity index (χ2v) is 7.83. The van der Waals surface area contributed by atoms with Gasteiger partial charge < -0.3 is 10.1 Å². The lowest BCUT2D eigenvalue weighted by atomic mass is 10.0. The Hall–Kier alpha value is -2.32. The number of hydrogen-bond acceptors (Lipinski definition) is 4. The first-order chi connectivity index (χ1) is 13.8. The lowest BCUT2D eigenvalue weighted by Gasteiger charge is -2.35. The van der Waals surface area contributed by atoms with Crippen LogP contribution < -0.4 is 5.32 Å². The molecule has 1 aliphatic heterocycles. The average Bonchev–Trinajstić information content (AvgIpc) is 3.06. The van der Waals surface area contributed by atoms with E-state index in [0.29, 0.717) is 25.7 Å². The summed E-state index contributed by atoms with van der Waals surface area (Å²) in [6, 6.07) is 3.46. The number of nitrogens with one attached hydrogen (secondary N) is 1. The predicted octanol–water partition coefficient (Wildman–Crippen LogP) is 2.84. The molecule has 0 saturated carbocycles. The van der Waals surface area contributed by atoms with E-state index in [1.54, 1.807) is 13.2 Å². The fourth-order valence-electron chi connectivity index (χ4n) is 3.69. The molecule has 158 valence electrons. The maximum absolute atomic E-state index is 14.2. The van der Waals surface area contributed by atoms with Crippen molar-refractivity contribution >= 4 is 5.91 Å². The lowest BCUT2D eigenvalue weighted by molar-refractivity contribution is 0.0124. The fourth-order valence-corrected chi connectivity index (χ4v) is 3.69. The number of nitrogens with zero attached hydrogens (tertiary/aromatic N) is 3. The van der Waals surface area contributed by atoms with Crippen LogP contribution in [0.15, 0.2) is 24.4 Å². The average molecular weight is 406 g/mol. The van der Waals surface area contributed by atoms with Crippen LogP contribution in [0.5, 0.6) is 0 Å². The first kappa shape index (κ1) is 21.4. The number of ether oxygens (including phenoxy) is 1. The van der Waals surface area contributed by atoms with Gasteiger partial charge in [0, 0.05) is 50.6 Å². The highest BCUT2D eigenvalue weighted by atomic mass is 19.1. The SMILES string of the molecule is CC(C)CC(CNC(=O)c1cn(C)nc1-c1ccc(F)cc1F)N1CCOCC1. The van der Waals surface area contributed by atoms with E-state index in [1.807, 2.05) is 0 Å². The highest BCUT2D eigenvalue weighted by molar-refractivity contribution is 5.99. The standard InChI is InChI=1S/C21H28F2N4O2/c1-14(2)10-16(27-6-8-29-9-7-27)12-24-21(28)18-13-26(3)25-20(18)17-5-4-15(22)11-19(17)23/h4-5,11,13-14,16H,6-10,12H2,1-3H3,(H,24,28). The largest absolute Gasteiger partial charge is 0.379 e. The van der Waals surface area contributed by atoms with Crippen molar-refractivity contribution in [3.63, 3.8) is 0 Å². The van der Waals surface area contributed by atoms with E-state index in [4.69, 9.17) is 4.74 Å². The van der Waals surface area contributed by atoms with Gasteiger partial charge in [-0.2, -0.15) is 5.10 Å². The van der Waals surface area contributed by atoms with Crippen LogP contribution in [-0.4, -0.2) is 59.5 Å². The van der Waals surface area contributed by atoms with Gasteiger partial charge in [0.1, 0.15) is 17.3 Å². The number of aromatic nitrogens is 2. The van der Waals surface area contributed by atoms with Gasteiger partial charge in [0.05, 0.1) is 18.8 Å². The highest BCUT2D eigenvalue weighted by Gasteiger charge is 2.24. The Morgan fingerprint density at radius 2 is 2.00 bits per heavy atom. The molecule has 8 heteroatoms. The number of amides is 1. The van der Waals surface area contributed by atoms with Crippen molar-refractivity contribution in [1.29, 1.82) is 0 Å². The van der Waals surface area contributed by atoms with E-state index < -0.39 is 11.6 Å². The van der Waals surface area contributed by atoms with Crippen LogP contribution in [-0.2, 0) is 11.8 Å². The van der Waals surface area contributed by atoms with Crippen LogP contribution in [0.4, 0.5) is 8.78 Å². The van der Waals surface area contributed by atoms with Crippen molar-refractivity contribution in [3.8, 4) is 11.3 Å². The first-order valence-corrected chi connectivity index (χ1v) is 9.94. The molecule has 2 heterocycles. The molecule has 6 nitrogen and oxygen atoms in total. The van der Waals surface area contributed by atoms with E-state index in [0.717, 1.165) is 31.6 Å². The molecule has 1 amide bonds. The van der Waals surface area contributed by atoms with Crippen molar-refractivity contribution in [2.75, 3.05) is 32.8 Å². The van der Waals surface area contributed by atoms with Gasteiger partial charge in [-0.15, -0.1) is 0 Å². The first-order valence-electron chi connectivity index (χ1n) is 9.94. The van der Waals surface area contributed by atoms with Gasteiger partial charge in [-0.05, 0) is 24.5 Å². The molecule has 1 N–H and O–H groups in total. The molecular weight excluding hydrogens is 378 g/mol. The van der Waals surface area contributed by atoms with E-state index in [9.17, 15) is 13.6 Å². The molecule has 1 aromatic carbocycles. The number of aryl methyl sites for hydroxylation is 1. The van der Waals surface area contributed by atoms with Crippen LogP contribution in [0, 0.1) is 17.6 Å². The van der Waals surface area contributed by atoms with Crippen LogP contribution >= 0.6 is 0 Å². The Bertz CT molecular complexity index is 847. The zero-order chi connectivity index (χ0) is 21.0. The summed E-state index contributed by atoms with van der Waals surface area (Å²) in [6.45, 7) is 7.87. The molecule has 29 heavy (non-hydrogen) atoms. The molecule has 1 aliphatic rings. The minimum atomic E-state index is -0.747. The van der Waals surface area contributed by atoms with E-state index in [-0.39, 0.29) is 28.8 Å². The highest BCUT2D eigenvalue weighted by Crippen LogP contribution is 2.25. The summed E-state index contributed by atoms with van der Waals surface area (Å²) in [5, 5.41) is 7.21. The Morgan fingerprint density at radius 1 is 1.28 bits per heavy atom. The molecule has 0 spiro atoms. The topological polar surface area (TPSA) is 59.4 Å². The molecule has 2 aromatic rings. The van der Waals surface area contributed by atoms with Gasteiger partial charge in [0.25, 0.3) is 5.91 Å². The van der Waals surface area contributed by atoms with Crippen molar-refractivity contribution < 1.29 is 18.3 Å². The van der Waals surface area contributed by atoms with Gasteiger partial charge in [-0.3, -0.25) is 14.4 Å². The number of rotatable bonds is 7. The Balaban J connectivity index is 1.76. The number of carbonyl (C=O) groups excluding carboxylic acids is 1. The summed E-state index contributed by atoms with van der Waals surface area (Å²) in [7, 11) is 1.66. The number of halogens is 2. The number of morpholine rings is 1. The second-order valence-electron chi connectivity index (χ2n) is 7.83. The molecular formula is C21H28F2N4O2. The summed E-state index contributed by atoms with van der Waals surface area (Å²) in [6.07, 6.45) is 2.51. The van der Waals surface area contributed by atoms with Crippen LogP contribution in [0.25, 0.3) is 11.3 Å². The predicted molar refractivity (Wildman–Crippen MR) is 107 cm³/mol. The molecule has 1 fully saturated rings. The summed E-state index contributed by atoms with van der Waals surface area (Å²) >= 11 is 0. The van der Waals surface area contributed by atoms with Crippen LogP contribution in [0.3, 0.4) is 0 Å². The molecule has 1 aromatic heterocycles. The second kappa shape index (κ2) is 9.45. The monoisotopic (exact) mass is 406 g/mol. The molecule has 0 bridgehead atoms. The molecule has 0 radical (unpaired) electrons. The Morgan fingerprint density at radius 3 is 2.66 bits per heavy atom.